The number of ether oxygens (including phenoxy) is 2. The van der Waals surface area contributed by atoms with E-state index in [9.17, 15) is 14.4 Å². The lowest BCUT2D eigenvalue weighted by atomic mass is 9.94. The summed E-state index contributed by atoms with van der Waals surface area (Å²) in [5.74, 6) is 0.271. The Hall–Kier alpha value is -2.85. The zero-order valence-electron chi connectivity index (χ0n) is 22.3. The largest absolute Gasteiger partial charge is 0.490 e. The van der Waals surface area contributed by atoms with Crippen LogP contribution in [0.5, 0.6) is 5.75 Å². The van der Waals surface area contributed by atoms with Crippen LogP contribution in [0, 0.1) is 0 Å². The number of hydrogen-bond donors (Lipinski definition) is 3. The van der Waals surface area contributed by atoms with E-state index in [1.54, 1.807) is 30.1 Å². The van der Waals surface area contributed by atoms with Crippen LogP contribution in [-0.4, -0.2) is 92.8 Å². The molecule has 2 aliphatic heterocycles. The summed E-state index contributed by atoms with van der Waals surface area (Å²) in [5.41, 5.74) is 0.965. The monoisotopic (exact) mass is 515 g/mol. The molecule has 37 heavy (non-hydrogen) atoms. The molecule has 1 aromatic rings. The van der Waals surface area contributed by atoms with Gasteiger partial charge in [-0.1, -0.05) is 12.8 Å². The van der Waals surface area contributed by atoms with Crippen LogP contribution in [0.1, 0.15) is 61.7 Å². The number of benzene rings is 1. The van der Waals surface area contributed by atoms with Gasteiger partial charge in [0.15, 0.2) is 0 Å². The third kappa shape index (κ3) is 7.35. The molecule has 0 bridgehead atoms. The van der Waals surface area contributed by atoms with Gasteiger partial charge in [0, 0.05) is 25.3 Å². The average Bonchev–Trinajstić information content (AvgIpc) is 3.37. The molecule has 0 radical (unpaired) electrons. The Bertz CT molecular complexity index is 965. The number of urea groups is 1. The molecule has 10 heteroatoms. The molecule has 204 valence electrons. The summed E-state index contributed by atoms with van der Waals surface area (Å²) < 4.78 is 12.3. The molecular weight excluding hydrogens is 474 g/mol. The third-order valence-electron chi connectivity index (χ3n) is 7.48. The molecule has 0 spiro atoms. The van der Waals surface area contributed by atoms with E-state index in [2.05, 4.69) is 20.9 Å². The quantitative estimate of drug-likeness (QED) is 0.459. The van der Waals surface area contributed by atoms with E-state index in [1.807, 2.05) is 14.1 Å². The van der Waals surface area contributed by atoms with Crippen LogP contribution < -0.4 is 20.7 Å². The number of hydrogen-bond acceptors (Lipinski definition) is 6. The van der Waals surface area contributed by atoms with Gasteiger partial charge >= 0.3 is 6.03 Å². The lowest BCUT2D eigenvalue weighted by Gasteiger charge is -2.42. The van der Waals surface area contributed by atoms with Crippen LogP contribution in [-0.2, 0) is 9.53 Å². The maximum atomic E-state index is 13.4. The molecule has 4 amide bonds. The maximum absolute atomic E-state index is 13.4. The summed E-state index contributed by atoms with van der Waals surface area (Å²) in [7, 11) is 5.80. The number of anilines is 1. The van der Waals surface area contributed by atoms with Crippen LogP contribution >= 0.6 is 0 Å². The van der Waals surface area contributed by atoms with Crippen molar-refractivity contribution in [1.29, 1.82) is 0 Å². The van der Waals surface area contributed by atoms with E-state index >= 15 is 0 Å². The predicted molar refractivity (Wildman–Crippen MR) is 141 cm³/mol. The summed E-state index contributed by atoms with van der Waals surface area (Å²) in [6, 6.07) is 4.94. The number of nitrogens with zero attached hydrogens (tertiary/aromatic N) is 2. The summed E-state index contributed by atoms with van der Waals surface area (Å²) >= 11 is 0. The van der Waals surface area contributed by atoms with E-state index in [-0.39, 0.29) is 48.7 Å². The predicted octanol–water partition coefficient (Wildman–Crippen LogP) is 2.59. The molecule has 3 N–H and O–H groups in total. The average molecular weight is 516 g/mol. The first-order valence-electron chi connectivity index (χ1n) is 13.5. The fraction of sp³-hybridized carbons (Fsp3) is 0.667. The van der Waals surface area contributed by atoms with E-state index in [0.29, 0.717) is 36.4 Å². The van der Waals surface area contributed by atoms with Crippen molar-refractivity contribution in [3.63, 3.8) is 0 Å². The topological polar surface area (TPSA) is 112 Å². The lowest BCUT2D eigenvalue weighted by molar-refractivity contribution is -0.134. The normalized spacial score (nSPS) is 23.9. The van der Waals surface area contributed by atoms with Crippen molar-refractivity contribution in [2.45, 2.75) is 75.7 Å². The standard InChI is InChI=1S/C27H41N5O5/c1-31(2)14-6-13-28-25(33)16-20-10-11-22-24(37-20)17-36-23-12-9-19(15-21(23)26(34)32(22)3)30-27(35)29-18-7-4-5-8-18/h9,12,15,18,20,22,24H,4-8,10-11,13-14,16-17H2,1-3H3,(H,28,33)(H2,29,30,35)/t20-,22-,24+/m1/s1. The SMILES string of the molecule is CN(C)CCCNC(=O)C[C@H]1CC[C@@H]2[C@H](COc3ccc(NC(=O)NC4CCCC4)cc3C(=O)N2C)O1. The van der Waals surface area contributed by atoms with Gasteiger partial charge in [-0.15, -0.1) is 0 Å². The number of likely N-dealkylation sites (N-methyl/N-ethyl adjacent to an activating group) is 1. The zero-order valence-corrected chi connectivity index (χ0v) is 22.3. The second-order valence-electron chi connectivity index (χ2n) is 10.7. The Balaban J connectivity index is 1.34. The number of amides is 4. The highest BCUT2D eigenvalue weighted by Crippen LogP contribution is 2.32. The maximum Gasteiger partial charge on any atom is 0.319 e. The van der Waals surface area contributed by atoms with Crippen molar-refractivity contribution in [2.24, 2.45) is 0 Å². The van der Waals surface area contributed by atoms with Gasteiger partial charge in [0.25, 0.3) is 5.91 Å². The Morgan fingerprint density at radius 1 is 1.14 bits per heavy atom. The highest BCUT2D eigenvalue weighted by Gasteiger charge is 2.39. The fourth-order valence-corrected chi connectivity index (χ4v) is 5.43. The van der Waals surface area contributed by atoms with Gasteiger partial charge in [0.05, 0.1) is 24.1 Å². The highest BCUT2D eigenvalue weighted by molar-refractivity contribution is 5.99. The molecule has 3 aliphatic rings. The van der Waals surface area contributed by atoms with Gasteiger partial charge in [-0.3, -0.25) is 9.59 Å². The molecule has 1 saturated heterocycles. The van der Waals surface area contributed by atoms with Crippen LogP contribution in [0.25, 0.3) is 0 Å². The first-order valence-corrected chi connectivity index (χ1v) is 13.5. The molecular formula is C27H41N5O5. The van der Waals surface area contributed by atoms with Crippen LogP contribution in [0.4, 0.5) is 10.5 Å². The van der Waals surface area contributed by atoms with Crippen molar-refractivity contribution >= 4 is 23.5 Å². The molecule has 0 unspecified atom stereocenters. The molecule has 10 nitrogen and oxygen atoms in total. The van der Waals surface area contributed by atoms with Gasteiger partial charge < -0.3 is 35.2 Å². The van der Waals surface area contributed by atoms with Crippen LogP contribution in [0.15, 0.2) is 18.2 Å². The van der Waals surface area contributed by atoms with Gasteiger partial charge in [-0.2, -0.15) is 0 Å². The number of fused-ring (bicyclic) bond motifs is 2. The second-order valence-corrected chi connectivity index (χ2v) is 10.7. The molecule has 0 aromatic heterocycles. The minimum absolute atomic E-state index is 0.0132. The number of carbonyl (C=O) groups excluding carboxylic acids is 3. The van der Waals surface area contributed by atoms with E-state index in [1.165, 1.54) is 0 Å². The Kier molecular flexibility index (Phi) is 9.26. The van der Waals surface area contributed by atoms with Crippen molar-refractivity contribution in [1.82, 2.24) is 20.4 Å². The summed E-state index contributed by atoms with van der Waals surface area (Å²) in [4.78, 5) is 42.0. The molecule has 1 aliphatic carbocycles. The van der Waals surface area contributed by atoms with Crippen molar-refractivity contribution < 1.29 is 23.9 Å². The van der Waals surface area contributed by atoms with Crippen molar-refractivity contribution in [2.75, 3.05) is 46.2 Å². The molecule has 3 atom stereocenters. The molecule has 1 saturated carbocycles. The second kappa shape index (κ2) is 12.6. The Labute approximate surface area is 219 Å². The molecule has 2 heterocycles. The van der Waals surface area contributed by atoms with E-state index in [0.717, 1.165) is 45.1 Å². The van der Waals surface area contributed by atoms with Gasteiger partial charge in [0.1, 0.15) is 18.5 Å². The van der Waals surface area contributed by atoms with Crippen LogP contribution in [0.3, 0.4) is 0 Å². The van der Waals surface area contributed by atoms with Crippen molar-refractivity contribution in [3.8, 4) is 5.75 Å². The minimum Gasteiger partial charge on any atom is -0.490 e. The Morgan fingerprint density at radius 2 is 1.92 bits per heavy atom. The highest BCUT2D eigenvalue weighted by atomic mass is 16.5. The number of carbonyl (C=O) groups is 3. The third-order valence-corrected chi connectivity index (χ3v) is 7.48. The summed E-state index contributed by atoms with van der Waals surface area (Å²) in [6.45, 7) is 1.85. The fourth-order valence-electron chi connectivity index (χ4n) is 5.43. The molecule has 1 aromatic carbocycles. The molecule has 4 rings (SSSR count). The first kappa shape index (κ1) is 27.2. The lowest BCUT2D eigenvalue weighted by Crippen LogP contribution is -2.54. The van der Waals surface area contributed by atoms with Crippen molar-refractivity contribution in [3.05, 3.63) is 23.8 Å². The first-order chi connectivity index (χ1) is 17.8. The number of nitrogens with one attached hydrogen (secondary N) is 3. The van der Waals surface area contributed by atoms with Gasteiger partial charge in [-0.25, -0.2) is 4.79 Å². The minimum atomic E-state index is -0.322. The van der Waals surface area contributed by atoms with Crippen LogP contribution in [0.2, 0.25) is 0 Å². The zero-order chi connectivity index (χ0) is 26.4. The summed E-state index contributed by atoms with van der Waals surface area (Å²) in [5, 5.41) is 8.82. The van der Waals surface area contributed by atoms with Gasteiger partial charge in [-0.05, 0) is 70.9 Å². The van der Waals surface area contributed by atoms with E-state index in [4.69, 9.17) is 9.47 Å². The van der Waals surface area contributed by atoms with E-state index < -0.39 is 0 Å². The smallest absolute Gasteiger partial charge is 0.319 e. The molecule has 2 fully saturated rings. The Morgan fingerprint density at radius 3 is 2.68 bits per heavy atom. The number of rotatable bonds is 8. The summed E-state index contributed by atoms with van der Waals surface area (Å²) in [6.07, 6.45) is 6.38. The van der Waals surface area contributed by atoms with Gasteiger partial charge in [0.2, 0.25) is 5.91 Å².